The smallest absolute Gasteiger partial charge is 0.244 e. The third-order valence-electron chi connectivity index (χ3n) is 2.77. The van der Waals surface area contributed by atoms with Gasteiger partial charge < -0.3 is 10.6 Å². The van der Waals surface area contributed by atoms with Crippen molar-refractivity contribution in [1.82, 2.24) is 10.6 Å². The van der Waals surface area contributed by atoms with Crippen molar-refractivity contribution >= 4 is 17.9 Å². The minimum absolute atomic E-state index is 0.163. The van der Waals surface area contributed by atoms with Crippen molar-refractivity contribution in [3.8, 4) is 0 Å². The highest BCUT2D eigenvalue weighted by Gasteiger charge is 2.12. The van der Waals surface area contributed by atoms with Gasteiger partial charge in [-0.05, 0) is 31.9 Å². The molecule has 0 bridgehead atoms. The van der Waals surface area contributed by atoms with Gasteiger partial charge in [0.25, 0.3) is 0 Å². The first-order chi connectivity index (χ1) is 9.52. The molecule has 2 amide bonds. The van der Waals surface area contributed by atoms with Gasteiger partial charge in [0, 0.05) is 12.6 Å². The lowest BCUT2D eigenvalue weighted by Gasteiger charge is -2.12. The summed E-state index contributed by atoms with van der Waals surface area (Å²) in [5, 5.41) is 5.38. The summed E-state index contributed by atoms with van der Waals surface area (Å²) in [7, 11) is 0. The predicted molar refractivity (Wildman–Crippen MR) is 81.1 cm³/mol. The van der Waals surface area contributed by atoms with Crippen LogP contribution in [0.25, 0.3) is 6.08 Å². The van der Waals surface area contributed by atoms with Gasteiger partial charge >= 0.3 is 0 Å². The molecule has 0 fully saturated rings. The highest BCUT2D eigenvalue weighted by Crippen LogP contribution is 2.05. The van der Waals surface area contributed by atoms with Gasteiger partial charge in [0.1, 0.15) is 6.04 Å². The summed E-state index contributed by atoms with van der Waals surface area (Å²) in [4.78, 5) is 23.3. The maximum absolute atomic E-state index is 11.7. The van der Waals surface area contributed by atoms with Crippen molar-refractivity contribution < 1.29 is 9.59 Å². The molecule has 4 nitrogen and oxygen atoms in total. The molecule has 0 aliphatic heterocycles. The van der Waals surface area contributed by atoms with Crippen molar-refractivity contribution in [1.29, 1.82) is 0 Å². The number of carbonyl (C=O) groups is 2. The number of amides is 2. The van der Waals surface area contributed by atoms with Crippen molar-refractivity contribution in [2.75, 3.05) is 6.54 Å². The molecular formula is C16H22N2O2. The Morgan fingerprint density at radius 1 is 1.35 bits per heavy atom. The Morgan fingerprint density at radius 3 is 2.75 bits per heavy atom. The molecule has 0 aliphatic rings. The van der Waals surface area contributed by atoms with Crippen LogP contribution in [0.4, 0.5) is 0 Å². The second-order valence-electron chi connectivity index (χ2n) is 4.77. The molecule has 1 aromatic carbocycles. The Bertz CT molecular complexity index is 495. The summed E-state index contributed by atoms with van der Waals surface area (Å²) in [6.45, 7) is 6.27. The molecule has 1 rings (SSSR count). The molecule has 0 heterocycles. The van der Waals surface area contributed by atoms with Gasteiger partial charge in [-0.25, -0.2) is 0 Å². The quantitative estimate of drug-likeness (QED) is 0.780. The molecule has 1 aromatic rings. The highest BCUT2D eigenvalue weighted by atomic mass is 16.2. The van der Waals surface area contributed by atoms with Crippen LogP contribution in [0.1, 0.15) is 31.4 Å². The Kier molecular flexibility index (Phi) is 6.50. The van der Waals surface area contributed by atoms with Gasteiger partial charge in [-0.1, -0.05) is 36.8 Å². The molecular weight excluding hydrogens is 252 g/mol. The van der Waals surface area contributed by atoms with E-state index >= 15 is 0 Å². The summed E-state index contributed by atoms with van der Waals surface area (Å²) in [5.41, 5.74) is 2.10. The minimum atomic E-state index is -0.531. The predicted octanol–water partition coefficient (Wildman–Crippen LogP) is 2.04. The Labute approximate surface area is 120 Å². The van der Waals surface area contributed by atoms with E-state index in [2.05, 4.69) is 10.6 Å². The topological polar surface area (TPSA) is 58.2 Å². The molecule has 20 heavy (non-hydrogen) atoms. The number of benzene rings is 1. The van der Waals surface area contributed by atoms with Crippen molar-refractivity contribution in [2.45, 2.75) is 33.2 Å². The molecule has 4 heteroatoms. The molecule has 0 aromatic heterocycles. The van der Waals surface area contributed by atoms with Crippen LogP contribution < -0.4 is 10.6 Å². The van der Waals surface area contributed by atoms with Crippen LogP contribution in [-0.4, -0.2) is 24.4 Å². The summed E-state index contributed by atoms with van der Waals surface area (Å²) in [6.07, 6.45) is 4.05. The second kappa shape index (κ2) is 8.15. The number of hydrogen-bond acceptors (Lipinski definition) is 2. The summed E-state index contributed by atoms with van der Waals surface area (Å²) in [5.74, 6) is -0.435. The molecule has 0 saturated carbocycles. The van der Waals surface area contributed by atoms with E-state index in [9.17, 15) is 9.59 Å². The van der Waals surface area contributed by atoms with E-state index in [0.29, 0.717) is 6.54 Å². The van der Waals surface area contributed by atoms with E-state index in [1.165, 1.54) is 6.08 Å². The third-order valence-corrected chi connectivity index (χ3v) is 2.77. The van der Waals surface area contributed by atoms with E-state index in [-0.39, 0.29) is 11.8 Å². The molecule has 1 atom stereocenters. The number of rotatable bonds is 6. The van der Waals surface area contributed by atoms with E-state index < -0.39 is 6.04 Å². The van der Waals surface area contributed by atoms with Crippen molar-refractivity contribution in [3.05, 3.63) is 41.5 Å². The number of carbonyl (C=O) groups excluding carboxylic acids is 2. The first-order valence-electron chi connectivity index (χ1n) is 6.86. The molecule has 0 spiro atoms. The number of hydrogen-bond donors (Lipinski definition) is 2. The lowest BCUT2D eigenvalue weighted by Crippen LogP contribution is -2.44. The normalized spacial score (nSPS) is 12.2. The molecule has 0 saturated heterocycles. The molecule has 0 radical (unpaired) electrons. The lowest BCUT2D eigenvalue weighted by atomic mass is 10.1. The average Bonchev–Trinajstić information content (AvgIpc) is 2.42. The Balaban J connectivity index is 2.49. The maximum atomic E-state index is 11.7. The Hall–Kier alpha value is -2.10. The molecule has 2 N–H and O–H groups in total. The number of nitrogens with one attached hydrogen (secondary N) is 2. The van der Waals surface area contributed by atoms with Crippen molar-refractivity contribution in [2.24, 2.45) is 0 Å². The summed E-state index contributed by atoms with van der Waals surface area (Å²) < 4.78 is 0. The van der Waals surface area contributed by atoms with Gasteiger partial charge in [-0.15, -0.1) is 0 Å². The zero-order valence-corrected chi connectivity index (χ0v) is 12.3. The van der Waals surface area contributed by atoms with Crippen LogP contribution in [0, 0.1) is 6.92 Å². The minimum Gasteiger partial charge on any atom is -0.354 e. The molecule has 0 unspecified atom stereocenters. The van der Waals surface area contributed by atoms with Crippen LogP contribution >= 0.6 is 0 Å². The van der Waals surface area contributed by atoms with E-state index in [4.69, 9.17) is 0 Å². The number of aryl methyl sites for hydroxylation is 1. The fourth-order valence-electron chi connectivity index (χ4n) is 1.67. The third kappa shape index (κ3) is 5.69. The van der Waals surface area contributed by atoms with Crippen LogP contribution in [0.3, 0.4) is 0 Å². The van der Waals surface area contributed by atoms with Crippen molar-refractivity contribution in [3.63, 3.8) is 0 Å². The largest absolute Gasteiger partial charge is 0.354 e. The monoisotopic (exact) mass is 274 g/mol. The maximum Gasteiger partial charge on any atom is 0.244 e. The van der Waals surface area contributed by atoms with Gasteiger partial charge in [0.15, 0.2) is 0 Å². The van der Waals surface area contributed by atoms with E-state index in [1.54, 1.807) is 13.0 Å². The standard InChI is InChI=1S/C16H22N2O2/c1-4-10-17-16(20)13(3)18-15(19)9-8-14-7-5-6-12(2)11-14/h5-9,11,13H,4,10H2,1-3H3,(H,17,20)(H,18,19)/b9-8+/t13-/m1/s1. The molecule has 108 valence electrons. The van der Waals surface area contributed by atoms with E-state index in [1.807, 2.05) is 38.1 Å². The lowest BCUT2D eigenvalue weighted by molar-refractivity contribution is -0.126. The van der Waals surface area contributed by atoms with Crippen LogP contribution in [-0.2, 0) is 9.59 Å². The average molecular weight is 274 g/mol. The molecule has 0 aliphatic carbocycles. The zero-order valence-electron chi connectivity index (χ0n) is 12.3. The van der Waals surface area contributed by atoms with Crippen LogP contribution in [0.2, 0.25) is 0 Å². The fraction of sp³-hybridized carbons (Fsp3) is 0.375. The highest BCUT2D eigenvalue weighted by molar-refractivity contribution is 5.95. The fourth-order valence-corrected chi connectivity index (χ4v) is 1.67. The summed E-state index contributed by atoms with van der Waals surface area (Å²) in [6, 6.07) is 7.32. The SMILES string of the molecule is CCCNC(=O)[C@@H](C)NC(=O)/C=C/c1cccc(C)c1. The van der Waals surface area contributed by atoms with Gasteiger partial charge in [0.2, 0.25) is 11.8 Å². The Morgan fingerprint density at radius 2 is 2.10 bits per heavy atom. The van der Waals surface area contributed by atoms with Gasteiger partial charge in [0.05, 0.1) is 0 Å². The van der Waals surface area contributed by atoms with Gasteiger partial charge in [-0.2, -0.15) is 0 Å². The first kappa shape index (κ1) is 16.0. The van der Waals surface area contributed by atoms with Crippen LogP contribution in [0.15, 0.2) is 30.3 Å². The zero-order chi connectivity index (χ0) is 15.0. The van der Waals surface area contributed by atoms with Crippen LogP contribution in [0.5, 0.6) is 0 Å². The summed E-state index contributed by atoms with van der Waals surface area (Å²) >= 11 is 0. The van der Waals surface area contributed by atoms with E-state index in [0.717, 1.165) is 17.5 Å². The van der Waals surface area contributed by atoms with Gasteiger partial charge in [-0.3, -0.25) is 9.59 Å². The first-order valence-corrected chi connectivity index (χ1v) is 6.86. The second-order valence-corrected chi connectivity index (χ2v) is 4.77.